The zero-order valence-electron chi connectivity index (χ0n) is 12.3. The summed E-state index contributed by atoms with van der Waals surface area (Å²) < 4.78 is 5.27. The lowest BCUT2D eigenvalue weighted by Gasteiger charge is -2.25. The number of rotatable bonds is 6. The van der Waals surface area contributed by atoms with Gasteiger partial charge in [0.1, 0.15) is 11.9 Å². The van der Waals surface area contributed by atoms with Gasteiger partial charge < -0.3 is 15.3 Å². The minimum absolute atomic E-state index is 0.333. The lowest BCUT2D eigenvalue weighted by molar-refractivity contribution is 0.0997. The van der Waals surface area contributed by atoms with Gasteiger partial charge in [-0.1, -0.05) is 0 Å². The van der Waals surface area contributed by atoms with Gasteiger partial charge in [0.15, 0.2) is 0 Å². The Morgan fingerprint density at radius 3 is 3.14 bits per heavy atom. The minimum Gasteiger partial charge on any atom is -0.467 e. The molecule has 6 heteroatoms. The number of thiophene rings is 1. The molecule has 0 aliphatic carbocycles. The standard InChI is InChI=1S/C16H20N2O3S/c17-16(20)11-7-13(22-10-11)9-18-5-1-3-12(18)8-14(19)15-4-2-6-21-15/h2,4,6-7,10,12,14,19H,1,3,5,8-9H2,(H2,17,20). The molecule has 1 amide bonds. The van der Waals surface area contributed by atoms with Crippen molar-refractivity contribution in [2.24, 2.45) is 5.73 Å². The van der Waals surface area contributed by atoms with Crippen LogP contribution in [0, 0.1) is 0 Å². The Morgan fingerprint density at radius 2 is 2.45 bits per heavy atom. The van der Waals surface area contributed by atoms with Crippen molar-refractivity contribution in [3.63, 3.8) is 0 Å². The Hall–Kier alpha value is -1.63. The van der Waals surface area contributed by atoms with E-state index in [1.165, 1.54) is 0 Å². The first-order valence-electron chi connectivity index (χ1n) is 7.46. The highest BCUT2D eigenvalue weighted by Crippen LogP contribution is 2.29. The van der Waals surface area contributed by atoms with Crippen molar-refractivity contribution in [1.29, 1.82) is 0 Å². The fourth-order valence-corrected chi connectivity index (χ4v) is 3.92. The van der Waals surface area contributed by atoms with Crippen LogP contribution in [0.1, 0.15) is 46.4 Å². The number of aliphatic hydroxyl groups excluding tert-OH is 1. The van der Waals surface area contributed by atoms with Gasteiger partial charge in [-0.25, -0.2) is 0 Å². The molecule has 118 valence electrons. The third kappa shape index (κ3) is 3.40. The number of furan rings is 1. The summed E-state index contributed by atoms with van der Waals surface area (Å²) >= 11 is 1.56. The summed E-state index contributed by atoms with van der Waals surface area (Å²) in [6.45, 7) is 1.81. The van der Waals surface area contributed by atoms with Gasteiger partial charge >= 0.3 is 0 Å². The Morgan fingerprint density at radius 1 is 1.59 bits per heavy atom. The number of hydrogen-bond acceptors (Lipinski definition) is 5. The minimum atomic E-state index is -0.565. The van der Waals surface area contributed by atoms with Gasteiger partial charge in [-0.3, -0.25) is 9.69 Å². The number of primary amides is 1. The third-order valence-electron chi connectivity index (χ3n) is 4.16. The van der Waals surface area contributed by atoms with E-state index < -0.39 is 6.10 Å². The molecule has 3 heterocycles. The van der Waals surface area contributed by atoms with Crippen LogP contribution in [0.25, 0.3) is 0 Å². The van der Waals surface area contributed by atoms with E-state index in [9.17, 15) is 9.90 Å². The predicted octanol–water partition coefficient (Wildman–Crippen LogP) is 2.53. The topological polar surface area (TPSA) is 79.7 Å². The highest BCUT2D eigenvalue weighted by molar-refractivity contribution is 7.10. The van der Waals surface area contributed by atoms with E-state index in [0.717, 1.165) is 30.8 Å². The van der Waals surface area contributed by atoms with Crippen molar-refractivity contribution >= 4 is 17.2 Å². The van der Waals surface area contributed by atoms with E-state index in [1.807, 2.05) is 12.1 Å². The monoisotopic (exact) mass is 320 g/mol. The third-order valence-corrected chi connectivity index (χ3v) is 5.08. The van der Waals surface area contributed by atoms with Crippen molar-refractivity contribution in [2.75, 3.05) is 6.54 Å². The Labute approximate surface area is 133 Å². The maximum absolute atomic E-state index is 11.2. The molecule has 2 aromatic rings. The molecular weight excluding hydrogens is 300 g/mol. The number of amides is 1. The van der Waals surface area contributed by atoms with Gasteiger partial charge in [-0.2, -0.15) is 0 Å². The number of carbonyl (C=O) groups is 1. The average molecular weight is 320 g/mol. The molecule has 1 fully saturated rings. The molecule has 3 rings (SSSR count). The number of nitrogens with zero attached hydrogens (tertiary/aromatic N) is 1. The molecule has 3 N–H and O–H groups in total. The van der Waals surface area contributed by atoms with Crippen molar-refractivity contribution < 1.29 is 14.3 Å². The Balaban J connectivity index is 1.61. The second-order valence-corrected chi connectivity index (χ2v) is 6.70. The van der Waals surface area contributed by atoms with Gasteiger partial charge in [-0.05, 0) is 44.0 Å². The van der Waals surface area contributed by atoms with E-state index in [4.69, 9.17) is 10.2 Å². The molecule has 22 heavy (non-hydrogen) atoms. The number of aliphatic hydroxyl groups is 1. The molecule has 1 aliphatic rings. The molecular formula is C16H20N2O3S. The second-order valence-electron chi connectivity index (χ2n) is 5.70. The fraction of sp³-hybridized carbons (Fsp3) is 0.438. The van der Waals surface area contributed by atoms with E-state index in [1.54, 1.807) is 29.0 Å². The molecule has 0 aromatic carbocycles. The van der Waals surface area contributed by atoms with Gasteiger partial charge in [0.05, 0.1) is 11.8 Å². The molecule has 2 aromatic heterocycles. The summed E-state index contributed by atoms with van der Waals surface area (Å²) in [5, 5.41) is 12.1. The van der Waals surface area contributed by atoms with Crippen LogP contribution in [0.2, 0.25) is 0 Å². The van der Waals surface area contributed by atoms with E-state index >= 15 is 0 Å². The van der Waals surface area contributed by atoms with Crippen LogP contribution in [0.4, 0.5) is 0 Å². The summed E-state index contributed by atoms with van der Waals surface area (Å²) in [5.74, 6) is 0.243. The highest BCUT2D eigenvalue weighted by atomic mass is 32.1. The number of nitrogens with two attached hydrogens (primary N) is 1. The van der Waals surface area contributed by atoms with E-state index in [-0.39, 0.29) is 5.91 Å². The Bertz CT molecular complexity index is 623. The van der Waals surface area contributed by atoms with Gasteiger partial charge in [0.25, 0.3) is 0 Å². The van der Waals surface area contributed by atoms with Gasteiger partial charge in [-0.15, -0.1) is 11.3 Å². The maximum atomic E-state index is 11.2. The van der Waals surface area contributed by atoms with E-state index in [0.29, 0.717) is 23.8 Å². The summed E-state index contributed by atoms with van der Waals surface area (Å²) in [7, 11) is 0. The number of hydrogen-bond donors (Lipinski definition) is 2. The van der Waals surface area contributed by atoms with Crippen LogP contribution < -0.4 is 5.73 Å². The summed E-state index contributed by atoms with van der Waals surface area (Å²) in [4.78, 5) is 14.7. The first-order chi connectivity index (χ1) is 10.6. The zero-order valence-corrected chi connectivity index (χ0v) is 13.1. The van der Waals surface area contributed by atoms with E-state index in [2.05, 4.69) is 4.90 Å². The summed E-state index contributed by atoms with van der Waals surface area (Å²) in [5.41, 5.74) is 5.87. The smallest absolute Gasteiger partial charge is 0.249 e. The van der Waals surface area contributed by atoms with Crippen molar-refractivity contribution in [3.8, 4) is 0 Å². The SMILES string of the molecule is NC(=O)c1csc(CN2CCCC2CC(O)c2ccco2)c1. The van der Waals surface area contributed by atoms with Crippen molar-refractivity contribution in [3.05, 3.63) is 46.0 Å². The summed E-state index contributed by atoms with van der Waals surface area (Å²) in [6.07, 6.45) is 3.89. The average Bonchev–Trinajstić information content (AvgIpc) is 3.20. The van der Waals surface area contributed by atoms with Crippen molar-refractivity contribution in [1.82, 2.24) is 4.90 Å². The second kappa shape index (κ2) is 6.64. The molecule has 2 unspecified atom stereocenters. The first-order valence-corrected chi connectivity index (χ1v) is 8.34. The molecule has 0 radical (unpaired) electrons. The number of carbonyl (C=O) groups excluding carboxylic acids is 1. The van der Waals surface area contributed by atoms with Gasteiger partial charge in [0, 0.05) is 22.8 Å². The van der Waals surface area contributed by atoms with Crippen LogP contribution in [0.3, 0.4) is 0 Å². The van der Waals surface area contributed by atoms with Crippen LogP contribution in [0.15, 0.2) is 34.3 Å². The van der Waals surface area contributed by atoms with Crippen LogP contribution in [-0.2, 0) is 6.54 Å². The van der Waals surface area contributed by atoms with Gasteiger partial charge in [0.2, 0.25) is 5.91 Å². The normalized spacial score (nSPS) is 20.3. The first kappa shape index (κ1) is 15.3. The predicted molar refractivity (Wildman–Crippen MR) is 84.6 cm³/mol. The lowest BCUT2D eigenvalue weighted by atomic mass is 10.1. The van der Waals surface area contributed by atoms with Crippen molar-refractivity contribution in [2.45, 2.75) is 38.0 Å². The molecule has 5 nitrogen and oxygen atoms in total. The molecule has 1 aliphatic heterocycles. The molecule has 1 saturated heterocycles. The van der Waals surface area contributed by atoms with Crippen LogP contribution in [-0.4, -0.2) is 28.5 Å². The lowest BCUT2D eigenvalue weighted by Crippen LogP contribution is -2.30. The largest absolute Gasteiger partial charge is 0.467 e. The Kier molecular flexibility index (Phi) is 4.61. The number of likely N-dealkylation sites (tertiary alicyclic amines) is 1. The molecule has 0 bridgehead atoms. The molecule has 2 atom stereocenters. The maximum Gasteiger partial charge on any atom is 0.249 e. The zero-order chi connectivity index (χ0) is 15.5. The highest BCUT2D eigenvalue weighted by Gasteiger charge is 2.28. The van der Waals surface area contributed by atoms with Crippen LogP contribution in [0.5, 0.6) is 0 Å². The molecule has 0 saturated carbocycles. The van der Waals surface area contributed by atoms with Crippen LogP contribution >= 0.6 is 11.3 Å². The fourth-order valence-electron chi connectivity index (χ4n) is 3.02. The quantitative estimate of drug-likeness (QED) is 0.857. The molecule has 0 spiro atoms. The summed E-state index contributed by atoms with van der Waals surface area (Å²) in [6, 6.07) is 5.80.